The molecular weight excluding hydrogens is 477 g/mol. The van der Waals surface area contributed by atoms with Gasteiger partial charge in [0.25, 0.3) is 0 Å². The number of hydrogen-bond acceptors (Lipinski definition) is 3. The van der Waals surface area contributed by atoms with Crippen LogP contribution < -0.4 is 15.5 Å². The van der Waals surface area contributed by atoms with Gasteiger partial charge in [0.1, 0.15) is 0 Å². The van der Waals surface area contributed by atoms with Gasteiger partial charge in [0.2, 0.25) is 5.91 Å². The summed E-state index contributed by atoms with van der Waals surface area (Å²) in [6.45, 7) is 10.9. The lowest BCUT2D eigenvalue weighted by Gasteiger charge is -2.20. The largest absolute Gasteiger partial charge is 0.357 e. The Labute approximate surface area is 193 Å². The highest BCUT2D eigenvalue weighted by Crippen LogP contribution is 2.21. The van der Waals surface area contributed by atoms with Crippen LogP contribution >= 0.6 is 24.0 Å². The molecule has 1 aromatic rings. The second-order valence-corrected chi connectivity index (χ2v) is 7.72. The zero-order valence-electron chi connectivity index (χ0n) is 18.4. The molecule has 29 heavy (non-hydrogen) atoms. The van der Waals surface area contributed by atoms with Crippen molar-refractivity contribution in [2.75, 3.05) is 38.1 Å². The SMILES string of the molecule is CCNC(=NCc1ccc(N2CCCC2=O)cc1)NCCCCN(C)C(C)C.I. The highest BCUT2D eigenvalue weighted by Gasteiger charge is 2.21. The summed E-state index contributed by atoms with van der Waals surface area (Å²) >= 11 is 0. The molecule has 0 aromatic heterocycles. The fourth-order valence-corrected chi connectivity index (χ4v) is 3.17. The van der Waals surface area contributed by atoms with Crippen molar-refractivity contribution in [3.63, 3.8) is 0 Å². The number of guanidine groups is 1. The maximum Gasteiger partial charge on any atom is 0.227 e. The molecule has 0 spiro atoms. The number of unbranched alkanes of at least 4 members (excludes halogenated alkanes) is 1. The lowest BCUT2D eigenvalue weighted by molar-refractivity contribution is -0.117. The third-order valence-electron chi connectivity index (χ3n) is 5.20. The van der Waals surface area contributed by atoms with Gasteiger partial charge in [-0.25, -0.2) is 4.99 Å². The van der Waals surface area contributed by atoms with Crippen LogP contribution in [0.1, 0.15) is 52.0 Å². The fraction of sp³-hybridized carbons (Fsp3) is 0.636. The predicted octanol–water partition coefficient (Wildman–Crippen LogP) is 3.61. The Bertz CT molecular complexity index is 633. The number of carbonyl (C=O) groups excluding carboxylic acids is 1. The highest BCUT2D eigenvalue weighted by molar-refractivity contribution is 14.0. The maximum absolute atomic E-state index is 11.8. The molecule has 6 nitrogen and oxygen atoms in total. The number of benzene rings is 1. The van der Waals surface area contributed by atoms with Gasteiger partial charge < -0.3 is 20.4 Å². The van der Waals surface area contributed by atoms with E-state index in [-0.39, 0.29) is 29.9 Å². The second-order valence-electron chi connectivity index (χ2n) is 7.72. The summed E-state index contributed by atoms with van der Waals surface area (Å²) in [5.41, 5.74) is 2.14. The van der Waals surface area contributed by atoms with Crippen molar-refractivity contribution in [1.82, 2.24) is 15.5 Å². The van der Waals surface area contributed by atoms with E-state index < -0.39 is 0 Å². The summed E-state index contributed by atoms with van der Waals surface area (Å²) in [4.78, 5) is 20.8. The first-order valence-corrected chi connectivity index (χ1v) is 10.6. The second kappa shape index (κ2) is 13.8. The Kier molecular flexibility index (Phi) is 12.2. The molecule has 2 N–H and O–H groups in total. The Morgan fingerprint density at radius 2 is 1.93 bits per heavy atom. The van der Waals surface area contributed by atoms with Crippen molar-refractivity contribution in [3.05, 3.63) is 29.8 Å². The molecule has 1 fully saturated rings. The predicted molar refractivity (Wildman–Crippen MR) is 133 cm³/mol. The van der Waals surface area contributed by atoms with Gasteiger partial charge in [-0.1, -0.05) is 12.1 Å². The molecule has 2 rings (SSSR count). The summed E-state index contributed by atoms with van der Waals surface area (Å²) in [5, 5.41) is 6.73. The van der Waals surface area contributed by atoms with Crippen molar-refractivity contribution in [1.29, 1.82) is 0 Å². The monoisotopic (exact) mass is 515 g/mol. The summed E-state index contributed by atoms with van der Waals surface area (Å²) in [6, 6.07) is 8.78. The lowest BCUT2D eigenvalue weighted by atomic mass is 10.2. The summed E-state index contributed by atoms with van der Waals surface area (Å²) < 4.78 is 0. The molecule has 0 unspecified atom stereocenters. The van der Waals surface area contributed by atoms with Crippen LogP contribution in [-0.2, 0) is 11.3 Å². The minimum atomic E-state index is 0. The van der Waals surface area contributed by atoms with E-state index in [0.29, 0.717) is 19.0 Å². The van der Waals surface area contributed by atoms with E-state index in [4.69, 9.17) is 4.99 Å². The smallest absolute Gasteiger partial charge is 0.227 e. The maximum atomic E-state index is 11.8. The first kappa shape index (κ1) is 25.7. The summed E-state index contributed by atoms with van der Waals surface area (Å²) in [7, 11) is 2.18. The molecule has 0 atom stereocenters. The van der Waals surface area contributed by atoms with Crippen LogP contribution in [0.25, 0.3) is 0 Å². The van der Waals surface area contributed by atoms with E-state index in [2.05, 4.69) is 55.5 Å². The van der Waals surface area contributed by atoms with Gasteiger partial charge in [0.05, 0.1) is 6.54 Å². The van der Waals surface area contributed by atoms with Crippen LogP contribution in [0.3, 0.4) is 0 Å². The molecule has 7 heteroatoms. The average molecular weight is 515 g/mol. The lowest BCUT2D eigenvalue weighted by Crippen LogP contribution is -2.38. The molecule has 1 aliphatic rings. The molecule has 1 amide bonds. The standard InChI is InChI=1S/C22H37N5O.HI/c1-5-23-22(24-14-6-7-15-26(4)18(2)3)25-17-19-10-12-20(13-11-19)27-16-8-9-21(27)28;/h10-13,18H,5-9,14-17H2,1-4H3,(H2,23,24,25);1H. The average Bonchev–Trinajstić information content (AvgIpc) is 3.11. The third-order valence-corrected chi connectivity index (χ3v) is 5.20. The molecule has 0 radical (unpaired) electrons. The summed E-state index contributed by atoms with van der Waals surface area (Å²) in [5.74, 6) is 1.09. The molecule has 0 bridgehead atoms. The third kappa shape index (κ3) is 8.90. The van der Waals surface area contributed by atoms with E-state index in [9.17, 15) is 4.79 Å². The van der Waals surface area contributed by atoms with E-state index in [0.717, 1.165) is 56.2 Å². The van der Waals surface area contributed by atoms with E-state index >= 15 is 0 Å². The van der Waals surface area contributed by atoms with Crippen molar-refractivity contribution >= 4 is 41.5 Å². The Morgan fingerprint density at radius 3 is 2.52 bits per heavy atom. The Balaban J connectivity index is 0.00000420. The normalized spacial score (nSPS) is 14.5. The van der Waals surface area contributed by atoms with Crippen molar-refractivity contribution in [2.24, 2.45) is 4.99 Å². The molecule has 164 valence electrons. The van der Waals surface area contributed by atoms with Crippen LogP contribution in [0.15, 0.2) is 29.3 Å². The van der Waals surface area contributed by atoms with Crippen LogP contribution in [0.2, 0.25) is 0 Å². The number of amides is 1. The van der Waals surface area contributed by atoms with E-state index in [1.807, 2.05) is 17.0 Å². The Morgan fingerprint density at radius 1 is 1.21 bits per heavy atom. The zero-order valence-corrected chi connectivity index (χ0v) is 20.7. The minimum absolute atomic E-state index is 0. The molecule has 0 aliphatic carbocycles. The van der Waals surface area contributed by atoms with Crippen LogP contribution in [0.4, 0.5) is 5.69 Å². The van der Waals surface area contributed by atoms with Gasteiger partial charge in [-0.15, -0.1) is 24.0 Å². The summed E-state index contributed by atoms with van der Waals surface area (Å²) in [6.07, 6.45) is 3.92. The molecule has 1 saturated heterocycles. The quantitative estimate of drug-likeness (QED) is 0.216. The van der Waals surface area contributed by atoms with E-state index in [1.54, 1.807) is 0 Å². The molecular formula is C22H38IN5O. The van der Waals surface area contributed by atoms with Crippen LogP contribution in [-0.4, -0.2) is 56.0 Å². The molecule has 0 saturated carbocycles. The van der Waals surface area contributed by atoms with Crippen molar-refractivity contribution in [3.8, 4) is 0 Å². The van der Waals surface area contributed by atoms with Crippen molar-refractivity contribution < 1.29 is 4.79 Å². The van der Waals surface area contributed by atoms with Gasteiger partial charge >= 0.3 is 0 Å². The fourth-order valence-electron chi connectivity index (χ4n) is 3.17. The number of hydrogen-bond donors (Lipinski definition) is 2. The first-order chi connectivity index (χ1) is 13.5. The van der Waals surface area contributed by atoms with Gasteiger partial charge in [0.15, 0.2) is 5.96 Å². The number of nitrogens with zero attached hydrogens (tertiary/aromatic N) is 3. The number of rotatable bonds is 10. The number of halogens is 1. The van der Waals surface area contributed by atoms with Crippen LogP contribution in [0.5, 0.6) is 0 Å². The number of carbonyl (C=O) groups is 1. The van der Waals surface area contributed by atoms with E-state index in [1.165, 1.54) is 6.42 Å². The highest BCUT2D eigenvalue weighted by atomic mass is 127. The minimum Gasteiger partial charge on any atom is -0.357 e. The van der Waals surface area contributed by atoms with Gasteiger partial charge in [-0.3, -0.25) is 4.79 Å². The van der Waals surface area contributed by atoms with Gasteiger partial charge in [0, 0.05) is 37.8 Å². The van der Waals surface area contributed by atoms with Gasteiger partial charge in [-0.2, -0.15) is 0 Å². The van der Waals surface area contributed by atoms with Crippen molar-refractivity contribution in [2.45, 2.75) is 59.0 Å². The molecule has 1 heterocycles. The topological polar surface area (TPSA) is 60.0 Å². The number of nitrogens with one attached hydrogen (secondary N) is 2. The zero-order chi connectivity index (χ0) is 20.4. The number of anilines is 1. The molecule has 1 aromatic carbocycles. The van der Waals surface area contributed by atoms with Gasteiger partial charge in [-0.05, 0) is 71.3 Å². The molecule has 1 aliphatic heterocycles. The van der Waals surface area contributed by atoms with Crippen LogP contribution in [0, 0.1) is 0 Å². The Hall–Kier alpha value is -1.35. The number of aliphatic imine (C=N–C) groups is 1. The first-order valence-electron chi connectivity index (χ1n) is 10.6.